The molecule has 0 radical (unpaired) electrons. The maximum Gasteiger partial charge on any atom is 0.303 e. The van der Waals surface area contributed by atoms with E-state index in [9.17, 15) is 9.59 Å². The Labute approximate surface area is 113 Å². The molecule has 0 aromatic heterocycles. The van der Waals surface area contributed by atoms with Crippen LogP contribution in [-0.2, 0) is 9.59 Å². The van der Waals surface area contributed by atoms with Gasteiger partial charge in [0, 0.05) is 12.8 Å². The Kier molecular flexibility index (Phi) is 6.06. The maximum atomic E-state index is 11.7. The van der Waals surface area contributed by atoms with E-state index in [1.165, 1.54) is 5.56 Å². The minimum absolute atomic E-state index is 0.0208. The van der Waals surface area contributed by atoms with E-state index >= 15 is 0 Å². The number of unbranched alkanes of at least 4 members (excludes halogenated alkanes) is 1. The van der Waals surface area contributed by atoms with Crippen molar-refractivity contribution in [2.45, 2.75) is 45.6 Å². The molecule has 0 spiro atoms. The second kappa shape index (κ2) is 7.56. The summed E-state index contributed by atoms with van der Waals surface area (Å²) in [4.78, 5) is 22.0. The summed E-state index contributed by atoms with van der Waals surface area (Å²) in [6.45, 7) is 3.97. The molecule has 0 aliphatic rings. The molecule has 19 heavy (non-hydrogen) atoms. The van der Waals surface area contributed by atoms with E-state index in [-0.39, 0.29) is 18.4 Å². The number of hydrogen-bond donors (Lipinski definition) is 2. The van der Waals surface area contributed by atoms with Crippen LogP contribution in [0.25, 0.3) is 0 Å². The Hall–Kier alpha value is -1.84. The van der Waals surface area contributed by atoms with Gasteiger partial charge in [-0.1, -0.05) is 29.8 Å². The largest absolute Gasteiger partial charge is 0.481 e. The second-order valence-electron chi connectivity index (χ2n) is 4.80. The first kappa shape index (κ1) is 15.2. The van der Waals surface area contributed by atoms with Gasteiger partial charge in [0.05, 0.1) is 6.04 Å². The van der Waals surface area contributed by atoms with Gasteiger partial charge in [0.2, 0.25) is 5.91 Å². The van der Waals surface area contributed by atoms with Gasteiger partial charge in [0.15, 0.2) is 0 Å². The third-order valence-electron chi connectivity index (χ3n) is 3.00. The number of rotatable bonds is 7. The molecule has 0 unspecified atom stereocenters. The molecule has 1 aromatic rings. The fraction of sp³-hybridized carbons (Fsp3) is 0.467. The van der Waals surface area contributed by atoms with Crippen molar-refractivity contribution in [2.24, 2.45) is 0 Å². The van der Waals surface area contributed by atoms with Crippen molar-refractivity contribution in [1.82, 2.24) is 5.32 Å². The van der Waals surface area contributed by atoms with E-state index in [4.69, 9.17) is 5.11 Å². The van der Waals surface area contributed by atoms with Crippen molar-refractivity contribution in [3.63, 3.8) is 0 Å². The van der Waals surface area contributed by atoms with Crippen molar-refractivity contribution in [3.8, 4) is 0 Å². The van der Waals surface area contributed by atoms with E-state index < -0.39 is 5.97 Å². The zero-order valence-electron chi connectivity index (χ0n) is 11.5. The Morgan fingerprint density at radius 1 is 1.16 bits per heavy atom. The monoisotopic (exact) mass is 263 g/mol. The summed E-state index contributed by atoms with van der Waals surface area (Å²) in [7, 11) is 0. The molecule has 0 aliphatic heterocycles. The van der Waals surface area contributed by atoms with Crippen LogP contribution >= 0.6 is 0 Å². The lowest BCUT2D eigenvalue weighted by atomic mass is 10.1. The van der Waals surface area contributed by atoms with E-state index in [0.717, 1.165) is 5.56 Å². The molecule has 0 bridgehead atoms. The first-order valence-corrected chi connectivity index (χ1v) is 6.57. The second-order valence-corrected chi connectivity index (χ2v) is 4.80. The highest BCUT2D eigenvalue weighted by molar-refractivity contribution is 5.76. The molecule has 104 valence electrons. The van der Waals surface area contributed by atoms with Crippen LogP contribution in [0.5, 0.6) is 0 Å². The van der Waals surface area contributed by atoms with Crippen LogP contribution in [0, 0.1) is 6.92 Å². The van der Waals surface area contributed by atoms with Crippen molar-refractivity contribution in [1.29, 1.82) is 0 Å². The van der Waals surface area contributed by atoms with Crippen LogP contribution in [0.4, 0.5) is 0 Å². The molecule has 0 fully saturated rings. The van der Waals surface area contributed by atoms with Gasteiger partial charge in [0.25, 0.3) is 0 Å². The van der Waals surface area contributed by atoms with Gasteiger partial charge in [-0.3, -0.25) is 9.59 Å². The summed E-state index contributed by atoms with van der Waals surface area (Å²) in [6.07, 6.45) is 1.66. The zero-order chi connectivity index (χ0) is 14.3. The SMILES string of the molecule is Cc1ccc([C@H](C)NC(=O)CCCCC(=O)O)cc1. The summed E-state index contributed by atoms with van der Waals surface area (Å²) >= 11 is 0. The molecule has 1 atom stereocenters. The molecule has 0 saturated heterocycles. The van der Waals surface area contributed by atoms with Crippen LogP contribution in [-0.4, -0.2) is 17.0 Å². The fourth-order valence-corrected chi connectivity index (χ4v) is 1.81. The fourth-order valence-electron chi connectivity index (χ4n) is 1.81. The van der Waals surface area contributed by atoms with Gasteiger partial charge in [-0.15, -0.1) is 0 Å². The molecule has 4 nitrogen and oxygen atoms in total. The summed E-state index contributed by atoms with van der Waals surface area (Å²) in [5.74, 6) is -0.841. The molecular formula is C15H21NO3. The number of carbonyl (C=O) groups excluding carboxylic acids is 1. The molecule has 1 aromatic carbocycles. The first-order valence-electron chi connectivity index (χ1n) is 6.57. The molecule has 1 rings (SSSR count). The normalized spacial score (nSPS) is 11.9. The van der Waals surface area contributed by atoms with Crippen molar-refractivity contribution >= 4 is 11.9 Å². The number of carboxylic acids is 1. The number of carbonyl (C=O) groups is 2. The molecule has 4 heteroatoms. The lowest BCUT2D eigenvalue weighted by Gasteiger charge is -2.14. The maximum absolute atomic E-state index is 11.7. The predicted octanol–water partition coefficient (Wildman–Crippen LogP) is 2.82. The van der Waals surface area contributed by atoms with Crippen LogP contribution in [0.1, 0.15) is 49.8 Å². The quantitative estimate of drug-likeness (QED) is 0.743. The number of amides is 1. The number of aryl methyl sites for hydroxylation is 1. The number of hydrogen-bond acceptors (Lipinski definition) is 2. The highest BCUT2D eigenvalue weighted by atomic mass is 16.4. The number of carboxylic acid groups (broad SMARTS) is 1. The molecule has 2 N–H and O–H groups in total. The average Bonchev–Trinajstić information content (AvgIpc) is 2.35. The minimum atomic E-state index is -0.812. The van der Waals surface area contributed by atoms with Gasteiger partial charge in [-0.05, 0) is 32.3 Å². The first-order chi connectivity index (χ1) is 8.99. The van der Waals surface area contributed by atoms with E-state index in [0.29, 0.717) is 19.3 Å². The summed E-state index contributed by atoms with van der Waals surface area (Å²) in [5.41, 5.74) is 2.26. The summed E-state index contributed by atoms with van der Waals surface area (Å²) in [6, 6.07) is 8.03. The van der Waals surface area contributed by atoms with Gasteiger partial charge in [0.1, 0.15) is 0 Å². The van der Waals surface area contributed by atoms with Crippen molar-refractivity contribution in [3.05, 3.63) is 35.4 Å². The molecular weight excluding hydrogens is 242 g/mol. The third kappa shape index (κ3) is 6.04. The topological polar surface area (TPSA) is 66.4 Å². The van der Waals surface area contributed by atoms with E-state index in [1.54, 1.807) is 0 Å². The summed E-state index contributed by atoms with van der Waals surface area (Å²) in [5, 5.41) is 11.4. The number of aliphatic carboxylic acids is 1. The van der Waals surface area contributed by atoms with Crippen LogP contribution < -0.4 is 5.32 Å². The lowest BCUT2D eigenvalue weighted by molar-refractivity contribution is -0.137. The van der Waals surface area contributed by atoms with Gasteiger partial charge < -0.3 is 10.4 Å². The molecule has 0 heterocycles. The van der Waals surface area contributed by atoms with Gasteiger partial charge in [-0.25, -0.2) is 0 Å². The van der Waals surface area contributed by atoms with Gasteiger partial charge in [-0.2, -0.15) is 0 Å². The van der Waals surface area contributed by atoms with Crippen LogP contribution in [0.3, 0.4) is 0 Å². The Morgan fingerprint density at radius 3 is 2.32 bits per heavy atom. The van der Waals surface area contributed by atoms with Crippen molar-refractivity contribution < 1.29 is 14.7 Å². The number of nitrogens with one attached hydrogen (secondary N) is 1. The smallest absolute Gasteiger partial charge is 0.303 e. The number of benzene rings is 1. The highest BCUT2D eigenvalue weighted by Gasteiger charge is 2.09. The van der Waals surface area contributed by atoms with Gasteiger partial charge >= 0.3 is 5.97 Å². The average molecular weight is 263 g/mol. The Bertz CT molecular complexity index is 426. The van der Waals surface area contributed by atoms with Crippen LogP contribution in [0.2, 0.25) is 0 Å². The highest BCUT2D eigenvalue weighted by Crippen LogP contribution is 2.13. The predicted molar refractivity (Wildman–Crippen MR) is 73.8 cm³/mol. The third-order valence-corrected chi connectivity index (χ3v) is 3.00. The molecule has 0 saturated carbocycles. The summed E-state index contributed by atoms with van der Waals surface area (Å²) < 4.78 is 0. The zero-order valence-corrected chi connectivity index (χ0v) is 11.5. The minimum Gasteiger partial charge on any atom is -0.481 e. The van der Waals surface area contributed by atoms with E-state index in [2.05, 4.69) is 5.32 Å². The van der Waals surface area contributed by atoms with Crippen LogP contribution in [0.15, 0.2) is 24.3 Å². The standard InChI is InChI=1S/C15H21NO3/c1-11-7-9-13(10-8-11)12(2)16-14(17)5-3-4-6-15(18)19/h7-10,12H,3-6H2,1-2H3,(H,16,17)(H,18,19)/t12-/m0/s1. The Morgan fingerprint density at radius 2 is 1.74 bits per heavy atom. The van der Waals surface area contributed by atoms with Crippen molar-refractivity contribution in [2.75, 3.05) is 0 Å². The lowest BCUT2D eigenvalue weighted by Crippen LogP contribution is -2.26. The molecule has 0 aliphatic carbocycles. The molecule has 1 amide bonds. The van der Waals surface area contributed by atoms with E-state index in [1.807, 2.05) is 38.1 Å². The Balaban J connectivity index is 2.31.